The molecule has 2 aliphatic carbocycles. The van der Waals surface area contributed by atoms with Gasteiger partial charge in [0, 0.05) is 18.8 Å². The van der Waals surface area contributed by atoms with Crippen molar-refractivity contribution < 1.29 is 8.85 Å². The molecule has 0 aromatic heterocycles. The van der Waals surface area contributed by atoms with Gasteiger partial charge in [-0.3, -0.25) is 0 Å². The zero-order valence-corrected chi connectivity index (χ0v) is 10.3. The highest BCUT2D eigenvalue weighted by molar-refractivity contribution is 6.46. The number of rotatable bonds is 7. The topological polar surface area (TPSA) is 18.5 Å². The Morgan fingerprint density at radius 1 is 1.00 bits per heavy atom. The van der Waals surface area contributed by atoms with E-state index in [9.17, 15) is 0 Å². The van der Waals surface area contributed by atoms with Crippen molar-refractivity contribution in [3.05, 3.63) is 0 Å². The lowest BCUT2D eigenvalue weighted by Crippen LogP contribution is -2.31. The summed E-state index contributed by atoms with van der Waals surface area (Å²) in [4.78, 5) is 0. The SMILES string of the molecule is CCO[Si](OCC)C(C1CC1)C1CC1. The number of hydrogen-bond acceptors (Lipinski definition) is 2. The molecule has 0 bridgehead atoms. The molecule has 0 unspecified atom stereocenters. The Bertz CT molecular complexity index is 160. The van der Waals surface area contributed by atoms with Crippen LogP contribution < -0.4 is 0 Å². The number of hydrogen-bond donors (Lipinski definition) is 0. The highest BCUT2D eigenvalue weighted by Gasteiger charge is 2.48. The summed E-state index contributed by atoms with van der Waals surface area (Å²) in [5.41, 5.74) is 0.805. The third-order valence-electron chi connectivity index (χ3n) is 3.11. The molecule has 2 aliphatic rings. The van der Waals surface area contributed by atoms with Crippen molar-refractivity contribution >= 4 is 9.28 Å². The molecule has 14 heavy (non-hydrogen) atoms. The second-order valence-corrected chi connectivity index (χ2v) is 6.27. The van der Waals surface area contributed by atoms with Gasteiger partial charge < -0.3 is 8.85 Å². The molecule has 0 saturated heterocycles. The van der Waals surface area contributed by atoms with Crippen molar-refractivity contribution in [2.45, 2.75) is 45.1 Å². The van der Waals surface area contributed by atoms with E-state index in [1.807, 2.05) is 0 Å². The molecule has 2 rings (SSSR count). The van der Waals surface area contributed by atoms with Gasteiger partial charge in [0.25, 0.3) is 0 Å². The molecular formula is C11H21O2Si. The zero-order valence-electron chi connectivity index (χ0n) is 9.29. The van der Waals surface area contributed by atoms with Crippen LogP contribution in [-0.4, -0.2) is 22.5 Å². The average molecular weight is 213 g/mol. The summed E-state index contributed by atoms with van der Waals surface area (Å²) in [6.45, 7) is 5.82. The first-order valence-electron chi connectivity index (χ1n) is 5.99. The van der Waals surface area contributed by atoms with Gasteiger partial charge in [-0.05, 0) is 25.7 Å². The molecule has 3 heteroatoms. The summed E-state index contributed by atoms with van der Waals surface area (Å²) in [7, 11) is -0.959. The summed E-state index contributed by atoms with van der Waals surface area (Å²) < 4.78 is 11.7. The van der Waals surface area contributed by atoms with E-state index >= 15 is 0 Å². The third-order valence-corrected chi connectivity index (χ3v) is 5.74. The molecule has 81 valence electrons. The Balaban J connectivity index is 1.90. The van der Waals surface area contributed by atoms with E-state index in [-0.39, 0.29) is 0 Å². The van der Waals surface area contributed by atoms with Crippen molar-refractivity contribution in [1.29, 1.82) is 0 Å². The first kappa shape index (κ1) is 10.6. The molecular weight excluding hydrogens is 192 g/mol. The van der Waals surface area contributed by atoms with Crippen LogP contribution in [0.1, 0.15) is 39.5 Å². The van der Waals surface area contributed by atoms with Crippen LogP contribution in [0.25, 0.3) is 0 Å². The Morgan fingerprint density at radius 2 is 1.43 bits per heavy atom. The van der Waals surface area contributed by atoms with E-state index in [4.69, 9.17) is 8.85 Å². The standard InChI is InChI=1S/C11H21O2Si/c1-3-12-14(13-4-2)11(9-5-6-9)10-7-8-10/h9-11H,3-8H2,1-2H3. The summed E-state index contributed by atoms with van der Waals surface area (Å²) >= 11 is 0. The van der Waals surface area contributed by atoms with E-state index < -0.39 is 9.28 Å². The lowest BCUT2D eigenvalue weighted by atomic mass is 10.2. The zero-order chi connectivity index (χ0) is 9.97. The normalized spacial score (nSPS) is 22.3. The molecule has 0 N–H and O–H groups in total. The summed E-state index contributed by atoms with van der Waals surface area (Å²) in [5, 5.41) is 0. The Labute approximate surface area is 88.8 Å². The average Bonchev–Trinajstić information content (AvgIpc) is 3.00. The van der Waals surface area contributed by atoms with Gasteiger partial charge in [-0.1, -0.05) is 25.7 Å². The molecule has 0 amide bonds. The Kier molecular flexibility index (Phi) is 3.63. The van der Waals surface area contributed by atoms with Crippen LogP contribution in [0, 0.1) is 11.8 Å². The van der Waals surface area contributed by atoms with Crippen molar-refractivity contribution in [1.82, 2.24) is 0 Å². The van der Waals surface area contributed by atoms with Crippen molar-refractivity contribution in [3.8, 4) is 0 Å². The van der Waals surface area contributed by atoms with Gasteiger partial charge in [0.2, 0.25) is 0 Å². The van der Waals surface area contributed by atoms with Crippen LogP contribution in [0.5, 0.6) is 0 Å². The summed E-state index contributed by atoms with van der Waals surface area (Å²) in [5.74, 6) is 1.91. The van der Waals surface area contributed by atoms with Gasteiger partial charge in [0.05, 0.1) is 0 Å². The predicted molar refractivity (Wildman–Crippen MR) is 58.2 cm³/mol. The molecule has 2 fully saturated rings. The monoisotopic (exact) mass is 213 g/mol. The van der Waals surface area contributed by atoms with E-state index in [0.29, 0.717) is 0 Å². The van der Waals surface area contributed by atoms with Gasteiger partial charge >= 0.3 is 9.28 Å². The van der Waals surface area contributed by atoms with Gasteiger partial charge in [0.1, 0.15) is 0 Å². The van der Waals surface area contributed by atoms with E-state index in [1.165, 1.54) is 25.7 Å². The van der Waals surface area contributed by atoms with Gasteiger partial charge in [0.15, 0.2) is 0 Å². The molecule has 1 radical (unpaired) electrons. The van der Waals surface area contributed by atoms with E-state index in [1.54, 1.807) is 0 Å². The lowest BCUT2D eigenvalue weighted by molar-refractivity contribution is 0.196. The maximum Gasteiger partial charge on any atom is 0.388 e. The minimum absolute atomic E-state index is 0.805. The third kappa shape index (κ3) is 2.58. The van der Waals surface area contributed by atoms with Crippen LogP contribution in [0.3, 0.4) is 0 Å². The van der Waals surface area contributed by atoms with Crippen molar-refractivity contribution in [2.75, 3.05) is 13.2 Å². The minimum atomic E-state index is -0.959. The fourth-order valence-electron chi connectivity index (χ4n) is 2.20. The highest BCUT2D eigenvalue weighted by Crippen LogP contribution is 2.54. The fraction of sp³-hybridized carbons (Fsp3) is 1.00. The van der Waals surface area contributed by atoms with E-state index in [2.05, 4.69) is 13.8 Å². The molecule has 0 aromatic carbocycles. The molecule has 0 atom stereocenters. The van der Waals surface area contributed by atoms with Crippen molar-refractivity contribution in [2.24, 2.45) is 11.8 Å². The first-order valence-corrected chi connectivity index (χ1v) is 7.38. The second-order valence-electron chi connectivity index (χ2n) is 4.39. The molecule has 0 heterocycles. The molecule has 2 nitrogen and oxygen atoms in total. The van der Waals surface area contributed by atoms with Crippen molar-refractivity contribution in [3.63, 3.8) is 0 Å². The van der Waals surface area contributed by atoms with E-state index in [0.717, 1.165) is 30.6 Å². The highest BCUT2D eigenvalue weighted by atomic mass is 28.3. The van der Waals surface area contributed by atoms with Gasteiger partial charge in [-0.15, -0.1) is 0 Å². The maximum atomic E-state index is 5.83. The predicted octanol–water partition coefficient (Wildman–Crippen LogP) is 2.74. The fourth-order valence-corrected chi connectivity index (χ4v) is 4.67. The van der Waals surface area contributed by atoms with Crippen LogP contribution >= 0.6 is 0 Å². The smallest absolute Gasteiger partial charge is 0.388 e. The second kappa shape index (κ2) is 4.77. The van der Waals surface area contributed by atoms with Crippen LogP contribution in [0.4, 0.5) is 0 Å². The lowest BCUT2D eigenvalue weighted by Gasteiger charge is -2.22. The van der Waals surface area contributed by atoms with Gasteiger partial charge in [-0.25, -0.2) is 0 Å². The molecule has 0 spiro atoms. The quantitative estimate of drug-likeness (QED) is 0.605. The summed E-state index contributed by atoms with van der Waals surface area (Å²) in [6, 6.07) is 0. The van der Waals surface area contributed by atoms with Crippen LogP contribution in [0.2, 0.25) is 5.54 Å². The molecule has 2 saturated carbocycles. The Hall–Kier alpha value is 0.137. The summed E-state index contributed by atoms with van der Waals surface area (Å²) in [6.07, 6.45) is 5.70. The first-order chi connectivity index (χ1) is 6.86. The van der Waals surface area contributed by atoms with Crippen LogP contribution in [-0.2, 0) is 8.85 Å². The Morgan fingerprint density at radius 3 is 1.71 bits per heavy atom. The van der Waals surface area contributed by atoms with Gasteiger partial charge in [-0.2, -0.15) is 0 Å². The minimum Gasteiger partial charge on any atom is -0.393 e. The maximum absolute atomic E-state index is 5.83. The molecule has 0 aliphatic heterocycles. The molecule has 0 aromatic rings. The largest absolute Gasteiger partial charge is 0.393 e. The van der Waals surface area contributed by atoms with Crippen LogP contribution in [0.15, 0.2) is 0 Å².